The summed E-state index contributed by atoms with van der Waals surface area (Å²) in [7, 11) is 0. The summed E-state index contributed by atoms with van der Waals surface area (Å²) in [6, 6.07) is 16.6. The number of thioether (sulfide) groups is 2. The molecule has 0 saturated carbocycles. The van der Waals surface area contributed by atoms with E-state index in [4.69, 9.17) is 0 Å². The summed E-state index contributed by atoms with van der Waals surface area (Å²) < 4.78 is 3.57. The SMILES string of the molecule is CCSc1nnc(NC(=O)CSc2nnc(CNC(=O)c3ccccc3)n2-c2ccc(Br)cc2)s1. The first-order valence-electron chi connectivity index (χ1n) is 10.5. The molecule has 0 atom stereocenters. The molecule has 4 aromatic rings. The van der Waals surface area contributed by atoms with Crippen LogP contribution in [0.25, 0.3) is 5.69 Å². The van der Waals surface area contributed by atoms with E-state index in [0.717, 1.165) is 20.3 Å². The lowest BCUT2D eigenvalue weighted by molar-refractivity contribution is -0.113. The number of amides is 2. The smallest absolute Gasteiger partial charge is 0.251 e. The van der Waals surface area contributed by atoms with Gasteiger partial charge in [0.05, 0.1) is 12.3 Å². The Hall–Kier alpha value is -2.74. The first kappa shape index (κ1) is 25.4. The van der Waals surface area contributed by atoms with Crippen LogP contribution in [-0.4, -0.2) is 48.3 Å². The van der Waals surface area contributed by atoms with Crippen molar-refractivity contribution in [2.75, 3.05) is 16.8 Å². The number of halogens is 1. The molecule has 0 spiro atoms. The van der Waals surface area contributed by atoms with E-state index in [1.165, 1.54) is 23.1 Å². The minimum atomic E-state index is -0.219. The van der Waals surface area contributed by atoms with E-state index in [0.29, 0.717) is 21.7 Å². The number of hydrogen-bond donors (Lipinski definition) is 2. The summed E-state index contributed by atoms with van der Waals surface area (Å²) in [5, 5.41) is 23.3. The monoisotopic (exact) mass is 589 g/mol. The Bertz CT molecular complexity index is 1300. The van der Waals surface area contributed by atoms with Gasteiger partial charge in [-0.3, -0.25) is 19.5 Å². The van der Waals surface area contributed by atoms with Crippen LogP contribution in [0.5, 0.6) is 0 Å². The molecule has 2 N–H and O–H groups in total. The van der Waals surface area contributed by atoms with Crippen LogP contribution in [0.2, 0.25) is 0 Å². The van der Waals surface area contributed by atoms with Gasteiger partial charge in [0, 0.05) is 15.7 Å². The lowest BCUT2D eigenvalue weighted by atomic mass is 10.2. The summed E-state index contributed by atoms with van der Waals surface area (Å²) in [6.07, 6.45) is 0. The molecule has 13 heteroatoms. The Labute approximate surface area is 222 Å². The molecule has 35 heavy (non-hydrogen) atoms. The predicted molar refractivity (Wildman–Crippen MR) is 142 cm³/mol. The molecule has 4 rings (SSSR count). The van der Waals surface area contributed by atoms with Gasteiger partial charge in [-0.1, -0.05) is 75.9 Å². The van der Waals surface area contributed by atoms with Gasteiger partial charge in [0.1, 0.15) is 0 Å². The predicted octanol–water partition coefficient (Wildman–Crippen LogP) is 4.65. The molecule has 0 saturated heterocycles. The molecule has 2 aromatic carbocycles. The number of carbonyl (C=O) groups is 2. The minimum absolute atomic E-state index is 0.112. The van der Waals surface area contributed by atoms with Crippen molar-refractivity contribution < 1.29 is 9.59 Å². The van der Waals surface area contributed by atoms with Gasteiger partial charge in [-0.2, -0.15) is 0 Å². The van der Waals surface area contributed by atoms with Gasteiger partial charge in [-0.05, 0) is 42.2 Å². The molecule has 0 aliphatic carbocycles. The van der Waals surface area contributed by atoms with Gasteiger partial charge in [-0.15, -0.1) is 20.4 Å². The number of benzene rings is 2. The third-order valence-corrected chi connectivity index (χ3v) is 7.79. The molecule has 0 radical (unpaired) electrons. The zero-order chi connectivity index (χ0) is 24.6. The summed E-state index contributed by atoms with van der Waals surface area (Å²) >= 11 is 7.61. The number of nitrogens with one attached hydrogen (secondary N) is 2. The molecule has 0 aliphatic rings. The Kier molecular flexibility index (Phi) is 8.90. The van der Waals surface area contributed by atoms with E-state index >= 15 is 0 Å². The van der Waals surface area contributed by atoms with E-state index in [1.807, 2.05) is 54.0 Å². The van der Waals surface area contributed by atoms with Crippen LogP contribution in [0.15, 0.2) is 68.6 Å². The van der Waals surface area contributed by atoms with Crippen molar-refractivity contribution in [2.45, 2.75) is 23.0 Å². The average Bonchev–Trinajstić information content (AvgIpc) is 3.49. The first-order valence-corrected chi connectivity index (χ1v) is 14.0. The van der Waals surface area contributed by atoms with Crippen LogP contribution < -0.4 is 10.6 Å². The van der Waals surface area contributed by atoms with Crippen molar-refractivity contribution in [3.05, 3.63) is 70.5 Å². The van der Waals surface area contributed by atoms with Gasteiger partial charge in [0.2, 0.25) is 11.0 Å². The molecule has 0 fully saturated rings. The fourth-order valence-corrected chi connectivity index (χ4v) is 5.64. The Morgan fingerprint density at radius 3 is 2.51 bits per heavy atom. The van der Waals surface area contributed by atoms with E-state index in [-0.39, 0.29) is 24.1 Å². The van der Waals surface area contributed by atoms with Crippen molar-refractivity contribution in [1.29, 1.82) is 0 Å². The molecule has 2 aromatic heterocycles. The Morgan fingerprint density at radius 2 is 1.77 bits per heavy atom. The maximum Gasteiger partial charge on any atom is 0.251 e. The normalized spacial score (nSPS) is 10.8. The van der Waals surface area contributed by atoms with Crippen molar-refractivity contribution in [2.24, 2.45) is 0 Å². The third kappa shape index (κ3) is 6.90. The van der Waals surface area contributed by atoms with E-state index in [9.17, 15) is 9.59 Å². The van der Waals surface area contributed by atoms with E-state index in [2.05, 4.69) is 47.0 Å². The summed E-state index contributed by atoms with van der Waals surface area (Å²) in [6.45, 7) is 2.20. The molecular formula is C22H20BrN7O2S3. The van der Waals surface area contributed by atoms with Crippen molar-refractivity contribution in [1.82, 2.24) is 30.3 Å². The molecule has 0 unspecified atom stereocenters. The maximum absolute atomic E-state index is 12.5. The van der Waals surface area contributed by atoms with Crippen LogP contribution in [0.1, 0.15) is 23.1 Å². The molecule has 2 heterocycles. The van der Waals surface area contributed by atoms with Crippen molar-refractivity contribution >= 4 is 67.7 Å². The second-order valence-corrected chi connectivity index (χ2v) is 11.2. The Morgan fingerprint density at radius 1 is 1.00 bits per heavy atom. The second kappa shape index (κ2) is 12.3. The highest BCUT2D eigenvalue weighted by Crippen LogP contribution is 2.26. The number of carbonyl (C=O) groups excluding carboxylic acids is 2. The van der Waals surface area contributed by atoms with Crippen LogP contribution >= 0.6 is 50.8 Å². The van der Waals surface area contributed by atoms with E-state index < -0.39 is 0 Å². The quantitative estimate of drug-likeness (QED) is 0.203. The topological polar surface area (TPSA) is 115 Å². The summed E-state index contributed by atoms with van der Waals surface area (Å²) in [5.41, 5.74) is 1.38. The highest BCUT2D eigenvalue weighted by Gasteiger charge is 2.18. The fourth-order valence-electron chi connectivity index (χ4n) is 2.94. The van der Waals surface area contributed by atoms with Crippen molar-refractivity contribution in [3.8, 4) is 5.69 Å². The van der Waals surface area contributed by atoms with Gasteiger partial charge in [0.25, 0.3) is 5.91 Å². The highest BCUT2D eigenvalue weighted by atomic mass is 79.9. The van der Waals surface area contributed by atoms with E-state index in [1.54, 1.807) is 23.9 Å². The molecule has 9 nitrogen and oxygen atoms in total. The summed E-state index contributed by atoms with van der Waals surface area (Å²) in [5.74, 6) is 1.12. The maximum atomic E-state index is 12.5. The number of aromatic nitrogens is 5. The molecule has 0 aliphatic heterocycles. The highest BCUT2D eigenvalue weighted by molar-refractivity contribution is 9.10. The molecule has 180 valence electrons. The fraction of sp³-hybridized carbons (Fsp3) is 0.182. The van der Waals surface area contributed by atoms with Gasteiger partial charge in [-0.25, -0.2) is 0 Å². The summed E-state index contributed by atoms with van der Waals surface area (Å²) in [4.78, 5) is 25.0. The molecule has 0 bridgehead atoms. The molecular weight excluding hydrogens is 570 g/mol. The Balaban J connectivity index is 1.47. The van der Waals surface area contributed by atoms with Gasteiger partial charge in [0.15, 0.2) is 15.3 Å². The van der Waals surface area contributed by atoms with Crippen LogP contribution in [0.3, 0.4) is 0 Å². The van der Waals surface area contributed by atoms with Crippen LogP contribution in [-0.2, 0) is 11.3 Å². The van der Waals surface area contributed by atoms with Gasteiger partial charge >= 0.3 is 0 Å². The number of rotatable bonds is 10. The number of anilines is 1. The third-order valence-electron chi connectivity index (χ3n) is 4.48. The average molecular weight is 591 g/mol. The second-order valence-electron chi connectivity index (χ2n) is 6.90. The lowest BCUT2D eigenvalue weighted by Gasteiger charge is -2.11. The molecule has 2 amide bonds. The zero-order valence-electron chi connectivity index (χ0n) is 18.5. The lowest BCUT2D eigenvalue weighted by Crippen LogP contribution is -2.24. The standard InChI is InChI=1S/C22H20BrN7O2S3/c1-2-33-22-29-27-20(35-22)25-18(31)13-34-21-28-26-17(30(21)16-10-8-15(23)9-11-16)12-24-19(32)14-6-4-3-5-7-14/h3-11H,2,12-13H2,1H3,(H,24,32)(H,25,27,31). The zero-order valence-corrected chi connectivity index (χ0v) is 22.5. The number of hydrogen-bond acceptors (Lipinski definition) is 9. The van der Waals surface area contributed by atoms with Crippen LogP contribution in [0.4, 0.5) is 5.13 Å². The van der Waals surface area contributed by atoms with Crippen molar-refractivity contribution in [3.63, 3.8) is 0 Å². The largest absolute Gasteiger partial charge is 0.345 e. The first-order chi connectivity index (χ1) is 17.0. The van der Waals surface area contributed by atoms with Gasteiger partial charge < -0.3 is 5.32 Å². The minimum Gasteiger partial charge on any atom is -0.345 e. The van der Waals surface area contributed by atoms with Crippen LogP contribution in [0, 0.1) is 0 Å². The number of nitrogens with zero attached hydrogens (tertiary/aromatic N) is 5.